The number of carbonyl (C=O) groups excluding carboxylic acids is 1. The molecule has 1 heterocycles. The number of ether oxygens (including phenoxy) is 1. The Kier molecular flexibility index (Phi) is 4.86. The van der Waals surface area contributed by atoms with Crippen LogP contribution in [-0.2, 0) is 6.54 Å². The summed E-state index contributed by atoms with van der Waals surface area (Å²) in [6.45, 7) is 0.416. The minimum absolute atomic E-state index is 0.0138. The molecule has 0 radical (unpaired) electrons. The van der Waals surface area contributed by atoms with E-state index in [0.717, 1.165) is 29.8 Å². The molecule has 5 nitrogen and oxygen atoms in total. The SMILES string of the molecule is COc1cccc(-c2cc(CN(C(=O)c3ccc(Cl)cc3)C3CC3)no2)c1. The van der Waals surface area contributed by atoms with E-state index in [0.29, 0.717) is 22.9 Å². The number of rotatable bonds is 6. The van der Waals surface area contributed by atoms with Crippen LogP contribution in [0.3, 0.4) is 0 Å². The average molecular weight is 383 g/mol. The summed E-state index contributed by atoms with van der Waals surface area (Å²) in [5.74, 6) is 1.39. The zero-order chi connectivity index (χ0) is 18.8. The summed E-state index contributed by atoms with van der Waals surface area (Å²) < 4.78 is 10.7. The number of halogens is 1. The highest BCUT2D eigenvalue weighted by molar-refractivity contribution is 6.30. The van der Waals surface area contributed by atoms with Crippen LogP contribution in [0.15, 0.2) is 59.1 Å². The smallest absolute Gasteiger partial charge is 0.254 e. The predicted molar refractivity (Wildman–Crippen MR) is 103 cm³/mol. The predicted octanol–water partition coefficient (Wildman–Crippen LogP) is 4.81. The highest BCUT2D eigenvalue weighted by atomic mass is 35.5. The maximum absolute atomic E-state index is 12.9. The molecule has 138 valence electrons. The molecule has 0 aliphatic heterocycles. The van der Waals surface area contributed by atoms with E-state index < -0.39 is 0 Å². The number of hydrogen-bond donors (Lipinski definition) is 0. The molecular formula is C21H19ClN2O3. The van der Waals surface area contributed by atoms with Crippen LogP contribution in [0.4, 0.5) is 0 Å². The minimum atomic E-state index is -0.0138. The Hall–Kier alpha value is -2.79. The van der Waals surface area contributed by atoms with Crippen LogP contribution in [0, 0.1) is 0 Å². The topological polar surface area (TPSA) is 55.6 Å². The van der Waals surface area contributed by atoms with Gasteiger partial charge in [0, 0.05) is 28.3 Å². The van der Waals surface area contributed by atoms with Crippen LogP contribution in [0.2, 0.25) is 5.02 Å². The number of methoxy groups -OCH3 is 1. The summed E-state index contributed by atoms with van der Waals surface area (Å²) in [6.07, 6.45) is 2.03. The normalized spacial score (nSPS) is 13.4. The molecule has 4 rings (SSSR count). The zero-order valence-electron chi connectivity index (χ0n) is 14.9. The van der Waals surface area contributed by atoms with Gasteiger partial charge in [-0.1, -0.05) is 28.9 Å². The molecule has 6 heteroatoms. The molecular weight excluding hydrogens is 364 g/mol. The minimum Gasteiger partial charge on any atom is -0.497 e. The molecule has 1 aliphatic rings. The van der Waals surface area contributed by atoms with E-state index in [1.807, 2.05) is 35.2 Å². The highest BCUT2D eigenvalue weighted by Gasteiger charge is 2.33. The summed E-state index contributed by atoms with van der Waals surface area (Å²) in [7, 11) is 1.63. The highest BCUT2D eigenvalue weighted by Crippen LogP contribution is 2.31. The Labute approximate surface area is 162 Å². The third-order valence-corrected chi connectivity index (χ3v) is 4.84. The van der Waals surface area contributed by atoms with E-state index in [4.69, 9.17) is 20.9 Å². The first-order chi connectivity index (χ1) is 13.1. The fourth-order valence-corrected chi connectivity index (χ4v) is 3.11. The average Bonchev–Trinajstić information content (AvgIpc) is 3.44. The van der Waals surface area contributed by atoms with Gasteiger partial charge in [-0.15, -0.1) is 0 Å². The maximum Gasteiger partial charge on any atom is 0.254 e. The Bertz CT molecular complexity index is 948. The van der Waals surface area contributed by atoms with E-state index in [9.17, 15) is 4.79 Å². The molecule has 0 spiro atoms. The van der Waals surface area contributed by atoms with Gasteiger partial charge < -0.3 is 14.2 Å². The van der Waals surface area contributed by atoms with Crippen molar-refractivity contribution in [3.63, 3.8) is 0 Å². The summed E-state index contributed by atoms with van der Waals surface area (Å²) >= 11 is 5.93. The van der Waals surface area contributed by atoms with Gasteiger partial charge in [-0.25, -0.2) is 0 Å². The molecule has 3 aromatic rings. The maximum atomic E-state index is 12.9. The molecule has 0 unspecified atom stereocenters. The van der Waals surface area contributed by atoms with E-state index in [-0.39, 0.29) is 11.9 Å². The number of aromatic nitrogens is 1. The third-order valence-electron chi connectivity index (χ3n) is 4.59. The standard InChI is InChI=1S/C21H19ClN2O3/c1-26-19-4-2-3-15(11-19)20-12-17(23-27-20)13-24(18-9-10-18)21(25)14-5-7-16(22)8-6-14/h2-8,11-12,18H,9-10,13H2,1H3. The van der Waals surface area contributed by atoms with Gasteiger partial charge in [-0.3, -0.25) is 4.79 Å². The van der Waals surface area contributed by atoms with E-state index in [2.05, 4.69) is 5.16 Å². The van der Waals surface area contributed by atoms with Gasteiger partial charge in [-0.05, 0) is 49.2 Å². The lowest BCUT2D eigenvalue weighted by molar-refractivity contribution is 0.0726. The van der Waals surface area contributed by atoms with Gasteiger partial charge in [0.25, 0.3) is 5.91 Å². The fraction of sp³-hybridized carbons (Fsp3) is 0.238. The van der Waals surface area contributed by atoms with Crippen molar-refractivity contribution in [2.45, 2.75) is 25.4 Å². The van der Waals surface area contributed by atoms with Crippen molar-refractivity contribution in [1.29, 1.82) is 0 Å². The summed E-state index contributed by atoms with van der Waals surface area (Å²) in [5.41, 5.74) is 2.24. The molecule has 0 N–H and O–H groups in total. The van der Waals surface area contributed by atoms with Crippen LogP contribution < -0.4 is 4.74 Å². The first-order valence-corrected chi connectivity index (χ1v) is 9.18. The number of amides is 1. The van der Waals surface area contributed by atoms with Crippen LogP contribution in [0.25, 0.3) is 11.3 Å². The van der Waals surface area contributed by atoms with Crippen molar-refractivity contribution in [3.05, 3.63) is 70.9 Å². The van der Waals surface area contributed by atoms with Gasteiger partial charge in [0.2, 0.25) is 0 Å². The molecule has 1 amide bonds. The second-order valence-corrected chi connectivity index (χ2v) is 7.02. The quantitative estimate of drug-likeness (QED) is 0.614. The number of carbonyl (C=O) groups is 1. The summed E-state index contributed by atoms with van der Waals surface area (Å²) in [4.78, 5) is 14.8. The monoisotopic (exact) mass is 382 g/mol. The lowest BCUT2D eigenvalue weighted by Crippen LogP contribution is -2.32. The fourth-order valence-electron chi connectivity index (χ4n) is 2.98. The van der Waals surface area contributed by atoms with E-state index >= 15 is 0 Å². The van der Waals surface area contributed by atoms with Crippen LogP contribution in [-0.4, -0.2) is 29.1 Å². The van der Waals surface area contributed by atoms with Gasteiger partial charge >= 0.3 is 0 Å². The Morgan fingerprint density at radius 2 is 2.00 bits per heavy atom. The molecule has 2 aromatic carbocycles. The van der Waals surface area contributed by atoms with Gasteiger partial charge in [0.15, 0.2) is 5.76 Å². The molecule has 27 heavy (non-hydrogen) atoms. The first-order valence-electron chi connectivity index (χ1n) is 8.80. The van der Waals surface area contributed by atoms with Crippen LogP contribution >= 0.6 is 11.6 Å². The van der Waals surface area contributed by atoms with Crippen molar-refractivity contribution in [3.8, 4) is 17.1 Å². The van der Waals surface area contributed by atoms with Gasteiger partial charge in [0.05, 0.1) is 13.7 Å². The Morgan fingerprint density at radius 1 is 1.22 bits per heavy atom. The number of hydrogen-bond acceptors (Lipinski definition) is 4. The van der Waals surface area contributed by atoms with Crippen LogP contribution in [0.5, 0.6) is 5.75 Å². The summed E-state index contributed by atoms with van der Waals surface area (Å²) in [5, 5.41) is 4.77. The number of benzene rings is 2. The second kappa shape index (κ2) is 7.45. The van der Waals surface area contributed by atoms with E-state index in [1.54, 1.807) is 31.4 Å². The van der Waals surface area contributed by atoms with Crippen molar-refractivity contribution in [2.24, 2.45) is 0 Å². The van der Waals surface area contributed by atoms with Crippen molar-refractivity contribution >= 4 is 17.5 Å². The third kappa shape index (κ3) is 3.98. The summed E-state index contributed by atoms with van der Waals surface area (Å²) in [6, 6.07) is 16.7. The molecule has 1 aliphatic carbocycles. The zero-order valence-corrected chi connectivity index (χ0v) is 15.6. The van der Waals surface area contributed by atoms with Crippen molar-refractivity contribution < 1.29 is 14.1 Å². The van der Waals surface area contributed by atoms with Gasteiger partial charge in [-0.2, -0.15) is 0 Å². The molecule has 0 bridgehead atoms. The number of nitrogens with zero attached hydrogens (tertiary/aromatic N) is 2. The molecule has 1 fully saturated rings. The Morgan fingerprint density at radius 3 is 2.70 bits per heavy atom. The molecule has 0 saturated heterocycles. The van der Waals surface area contributed by atoms with Gasteiger partial charge in [0.1, 0.15) is 11.4 Å². The first kappa shape index (κ1) is 17.6. The lowest BCUT2D eigenvalue weighted by atomic mass is 10.1. The molecule has 1 saturated carbocycles. The van der Waals surface area contributed by atoms with E-state index in [1.165, 1.54) is 0 Å². The lowest BCUT2D eigenvalue weighted by Gasteiger charge is -2.21. The molecule has 0 atom stereocenters. The van der Waals surface area contributed by atoms with Crippen LogP contribution in [0.1, 0.15) is 28.9 Å². The Balaban J connectivity index is 1.53. The largest absolute Gasteiger partial charge is 0.497 e. The second-order valence-electron chi connectivity index (χ2n) is 6.59. The van der Waals surface area contributed by atoms with Crippen molar-refractivity contribution in [2.75, 3.05) is 7.11 Å². The molecule has 1 aromatic heterocycles. The van der Waals surface area contributed by atoms with Crippen molar-refractivity contribution in [1.82, 2.24) is 10.1 Å².